The third-order valence-electron chi connectivity index (χ3n) is 8.75. The van der Waals surface area contributed by atoms with Crippen LogP contribution in [0.4, 0.5) is 0 Å². The van der Waals surface area contributed by atoms with Crippen molar-refractivity contribution in [1.29, 1.82) is 0 Å². The number of benzene rings is 1. The smallest absolute Gasteiger partial charge is 0.305 e. The van der Waals surface area contributed by atoms with Gasteiger partial charge < -0.3 is 31.1 Å². The summed E-state index contributed by atoms with van der Waals surface area (Å²) in [6.45, 7) is 6.44. The number of nitrogens with one attached hydrogen (secondary N) is 4. The second-order valence-electron chi connectivity index (χ2n) is 12.5. The first-order chi connectivity index (χ1) is 20.6. The van der Waals surface area contributed by atoms with E-state index in [1.165, 1.54) is 38.4 Å². The van der Waals surface area contributed by atoms with Gasteiger partial charge in [-0.05, 0) is 49.5 Å². The van der Waals surface area contributed by atoms with E-state index in [0.717, 1.165) is 18.4 Å². The lowest BCUT2D eigenvalue weighted by atomic mass is 9.81. The molecule has 1 unspecified atom stereocenters. The molecule has 238 valence electrons. The number of aliphatic carboxylic acids is 1. The molecule has 1 saturated carbocycles. The van der Waals surface area contributed by atoms with Crippen LogP contribution in [0.15, 0.2) is 42.9 Å². The maximum atomic E-state index is 13.6. The average molecular weight is 598 g/mol. The number of imidazole rings is 1. The third kappa shape index (κ3) is 12.1. The van der Waals surface area contributed by atoms with Crippen molar-refractivity contribution in [2.24, 2.45) is 17.8 Å². The Kier molecular flexibility index (Phi) is 14.2. The fourth-order valence-electron chi connectivity index (χ4n) is 6.19. The van der Waals surface area contributed by atoms with Crippen molar-refractivity contribution in [3.63, 3.8) is 0 Å². The number of hydrogen-bond donors (Lipinski definition) is 6. The van der Waals surface area contributed by atoms with Crippen LogP contribution in [0.25, 0.3) is 0 Å². The second-order valence-corrected chi connectivity index (χ2v) is 12.5. The van der Waals surface area contributed by atoms with E-state index in [-0.39, 0.29) is 30.2 Å². The van der Waals surface area contributed by atoms with Crippen LogP contribution in [-0.2, 0) is 27.3 Å². The molecule has 1 fully saturated rings. The number of aliphatic hydroxyl groups excluding tert-OH is 1. The van der Waals surface area contributed by atoms with Crippen LogP contribution in [0.5, 0.6) is 0 Å². The highest BCUT2D eigenvalue weighted by molar-refractivity contribution is 5.91. The number of aromatic nitrogens is 2. The van der Waals surface area contributed by atoms with Gasteiger partial charge in [0.05, 0.1) is 24.9 Å². The molecule has 10 nitrogen and oxygen atoms in total. The maximum Gasteiger partial charge on any atom is 0.305 e. The van der Waals surface area contributed by atoms with Crippen molar-refractivity contribution in [2.45, 2.75) is 116 Å². The van der Waals surface area contributed by atoms with Crippen LogP contribution in [0.3, 0.4) is 0 Å². The van der Waals surface area contributed by atoms with Crippen LogP contribution in [0.1, 0.15) is 89.8 Å². The molecular weight excluding hydrogens is 546 g/mol. The Bertz CT molecular complexity index is 1100. The Morgan fingerprint density at radius 2 is 1.70 bits per heavy atom. The summed E-state index contributed by atoms with van der Waals surface area (Å²) < 4.78 is 0. The van der Waals surface area contributed by atoms with Gasteiger partial charge in [0, 0.05) is 30.9 Å². The molecule has 1 heterocycles. The molecule has 6 N–H and O–H groups in total. The molecule has 10 heteroatoms. The molecule has 3 rings (SSSR count). The Hall–Kier alpha value is -3.24. The van der Waals surface area contributed by atoms with E-state index in [1.54, 1.807) is 6.20 Å². The standard InChI is InChI=1S/C33H51N5O5/c1-22(2)28(17-27(39)15-14-24-10-6-4-7-11-24)23(3)37-33(43)30(16-26-20-34-21-36-26)38-32(42)29(18-31(40)41)35-19-25-12-8-5-9-13-25/h5,8-9,12-13,20-24,27-30,35,39H,4,6-7,10-11,14-19H2,1-3H3,(H,34,36)(H,37,43)(H,38,42)(H,40,41)/t23?,27-,28-,29+,30-/m0/s1. The first-order valence-electron chi connectivity index (χ1n) is 15.9. The zero-order chi connectivity index (χ0) is 31.2. The Balaban J connectivity index is 1.64. The van der Waals surface area contributed by atoms with Gasteiger partial charge in [-0.15, -0.1) is 0 Å². The van der Waals surface area contributed by atoms with E-state index in [0.29, 0.717) is 24.6 Å². The first-order valence-corrected chi connectivity index (χ1v) is 15.9. The molecule has 1 aliphatic carbocycles. The Labute approximate surface area is 255 Å². The van der Waals surface area contributed by atoms with Gasteiger partial charge in [0.15, 0.2) is 0 Å². The molecule has 1 aromatic carbocycles. The largest absolute Gasteiger partial charge is 0.481 e. The summed E-state index contributed by atoms with van der Waals surface area (Å²) in [6, 6.07) is 7.17. The minimum Gasteiger partial charge on any atom is -0.481 e. The zero-order valence-corrected chi connectivity index (χ0v) is 25.9. The lowest BCUT2D eigenvalue weighted by Crippen LogP contribution is -2.56. The summed E-state index contributed by atoms with van der Waals surface area (Å²) in [6.07, 6.45) is 11.2. The monoisotopic (exact) mass is 597 g/mol. The van der Waals surface area contributed by atoms with E-state index in [2.05, 4.69) is 39.8 Å². The summed E-state index contributed by atoms with van der Waals surface area (Å²) in [4.78, 5) is 45.6. The van der Waals surface area contributed by atoms with Crippen LogP contribution < -0.4 is 16.0 Å². The second kappa shape index (κ2) is 17.8. The van der Waals surface area contributed by atoms with Crippen molar-refractivity contribution < 1.29 is 24.6 Å². The van der Waals surface area contributed by atoms with E-state index in [9.17, 15) is 24.6 Å². The van der Waals surface area contributed by atoms with Crippen molar-refractivity contribution >= 4 is 17.8 Å². The summed E-state index contributed by atoms with van der Waals surface area (Å²) in [7, 11) is 0. The summed E-state index contributed by atoms with van der Waals surface area (Å²) in [5.41, 5.74) is 1.57. The van der Waals surface area contributed by atoms with E-state index in [4.69, 9.17) is 0 Å². The number of hydrogen-bond acceptors (Lipinski definition) is 6. The normalized spacial score (nSPS) is 17.5. The van der Waals surface area contributed by atoms with Crippen LogP contribution in [0.2, 0.25) is 0 Å². The summed E-state index contributed by atoms with van der Waals surface area (Å²) in [5, 5.41) is 29.3. The lowest BCUT2D eigenvalue weighted by Gasteiger charge is -2.32. The third-order valence-corrected chi connectivity index (χ3v) is 8.75. The highest BCUT2D eigenvalue weighted by Gasteiger charge is 2.31. The minimum absolute atomic E-state index is 0.0427. The van der Waals surface area contributed by atoms with E-state index < -0.39 is 36.5 Å². The molecule has 43 heavy (non-hydrogen) atoms. The SMILES string of the molecule is CC(C)[C@H](C[C@@H](O)CCC1CCCCC1)C(C)NC(=O)[C@H](Cc1cnc[nH]1)NC(=O)[C@@H](CC(=O)O)NCc1ccccc1. The predicted octanol–water partition coefficient (Wildman–Crippen LogP) is 3.96. The zero-order valence-electron chi connectivity index (χ0n) is 25.9. The molecule has 5 atom stereocenters. The van der Waals surface area contributed by atoms with Gasteiger partial charge in [-0.3, -0.25) is 14.4 Å². The van der Waals surface area contributed by atoms with Gasteiger partial charge in [0.2, 0.25) is 11.8 Å². The van der Waals surface area contributed by atoms with Crippen molar-refractivity contribution in [2.75, 3.05) is 0 Å². The average Bonchev–Trinajstić information content (AvgIpc) is 3.50. The quantitative estimate of drug-likeness (QED) is 0.152. The molecule has 0 spiro atoms. The number of nitrogens with zero attached hydrogens (tertiary/aromatic N) is 1. The first kappa shape index (κ1) is 34.3. The van der Waals surface area contributed by atoms with E-state index >= 15 is 0 Å². The van der Waals surface area contributed by atoms with Gasteiger partial charge in [0.25, 0.3) is 0 Å². The Morgan fingerprint density at radius 3 is 2.33 bits per heavy atom. The molecule has 2 aromatic rings. The number of H-pyrrole nitrogens is 1. The van der Waals surface area contributed by atoms with Crippen molar-refractivity contribution in [3.8, 4) is 0 Å². The van der Waals surface area contributed by atoms with Gasteiger partial charge in [-0.25, -0.2) is 4.98 Å². The number of aromatic amines is 1. The van der Waals surface area contributed by atoms with Crippen molar-refractivity contribution in [3.05, 3.63) is 54.1 Å². The molecule has 1 aliphatic rings. The van der Waals surface area contributed by atoms with Gasteiger partial charge in [-0.2, -0.15) is 0 Å². The maximum absolute atomic E-state index is 13.6. The Morgan fingerprint density at radius 1 is 1.00 bits per heavy atom. The molecule has 0 radical (unpaired) electrons. The summed E-state index contributed by atoms with van der Waals surface area (Å²) >= 11 is 0. The topological polar surface area (TPSA) is 156 Å². The number of amides is 2. The molecule has 0 bridgehead atoms. The minimum atomic E-state index is -1.12. The highest BCUT2D eigenvalue weighted by Crippen LogP contribution is 2.29. The van der Waals surface area contributed by atoms with Crippen LogP contribution >= 0.6 is 0 Å². The molecule has 2 amide bonds. The van der Waals surface area contributed by atoms with Crippen molar-refractivity contribution in [1.82, 2.24) is 25.9 Å². The summed E-state index contributed by atoms with van der Waals surface area (Å²) in [5.74, 6) is -1.08. The van der Waals surface area contributed by atoms with Crippen LogP contribution in [-0.4, -0.2) is 62.2 Å². The fourth-order valence-corrected chi connectivity index (χ4v) is 6.19. The van der Waals surface area contributed by atoms with Crippen LogP contribution in [0, 0.1) is 17.8 Å². The number of carboxylic acid groups (broad SMARTS) is 1. The predicted molar refractivity (Wildman–Crippen MR) is 166 cm³/mol. The number of rotatable bonds is 18. The lowest BCUT2D eigenvalue weighted by molar-refractivity contribution is -0.140. The fraction of sp³-hybridized carbons (Fsp3) is 0.636. The molecule has 0 saturated heterocycles. The highest BCUT2D eigenvalue weighted by atomic mass is 16.4. The van der Waals surface area contributed by atoms with E-state index in [1.807, 2.05) is 37.3 Å². The van der Waals surface area contributed by atoms with Gasteiger partial charge in [0.1, 0.15) is 6.04 Å². The molecular formula is C33H51N5O5. The molecule has 1 aromatic heterocycles. The molecule has 0 aliphatic heterocycles. The number of carbonyl (C=O) groups is 3. The number of carboxylic acids is 1. The van der Waals surface area contributed by atoms with Gasteiger partial charge in [-0.1, -0.05) is 76.3 Å². The number of aliphatic hydroxyl groups is 1. The van der Waals surface area contributed by atoms with Gasteiger partial charge >= 0.3 is 5.97 Å². The number of carbonyl (C=O) groups excluding carboxylic acids is 2.